The first-order chi connectivity index (χ1) is 7.36. The molecule has 1 atom stereocenters. The van der Waals surface area contributed by atoms with Gasteiger partial charge in [-0.25, -0.2) is 0 Å². The maximum atomic E-state index is 8.95. The molecule has 0 bridgehead atoms. The van der Waals surface area contributed by atoms with E-state index in [2.05, 4.69) is 0 Å². The quantitative estimate of drug-likeness (QED) is 0.743. The van der Waals surface area contributed by atoms with Crippen molar-refractivity contribution >= 4 is 0 Å². The zero-order valence-corrected chi connectivity index (χ0v) is 9.06. The SMILES string of the molecule is CCO[C@H](CO)COCc1ccccc1. The van der Waals surface area contributed by atoms with E-state index >= 15 is 0 Å². The second-order valence-electron chi connectivity index (χ2n) is 3.26. The van der Waals surface area contributed by atoms with Crippen LogP contribution >= 0.6 is 0 Å². The largest absolute Gasteiger partial charge is 0.394 e. The van der Waals surface area contributed by atoms with Gasteiger partial charge in [-0.3, -0.25) is 0 Å². The van der Waals surface area contributed by atoms with Gasteiger partial charge in [-0.15, -0.1) is 0 Å². The Hall–Kier alpha value is -0.900. The van der Waals surface area contributed by atoms with Crippen LogP contribution < -0.4 is 0 Å². The smallest absolute Gasteiger partial charge is 0.104 e. The molecule has 3 heteroatoms. The minimum absolute atomic E-state index is 0.00261. The number of hydrogen-bond donors (Lipinski definition) is 1. The molecule has 0 aliphatic heterocycles. The summed E-state index contributed by atoms with van der Waals surface area (Å²) in [6.07, 6.45) is -0.210. The Kier molecular flexibility index (Phi) is 6.00. The first-order valence-corrected chi connectivity index (χ1v) is 5.21. The summed E-state index contributed by atoms with van der Waals surface area (Å²) >= 11 is 0. The topological polar surface area (TPSA) is 38.7 Å². The summed E-state index contributed by atoms with van der Waals surface area (Å²) in [5.41, 5.74) is 1.13. The molecular weight excluding hydrogens is 192 g/mol. The molecule has 84 valence electrons. The molecule has 0 amide bonds. The van der Waals surface area contributed by atoms with Crippen molar-refractivity contribution in [2.24, 2.45) is 0 Å². The van der Waals surface area contributed by atoms with E-state index < -0.39 is 0 Å². The van der Waals surface area contributed by atoms with Crippen LogP contribution in [-0.2, 0) is 16.1 Å². The predicted molar refractivity (Wildman–Crippen MR) is 58.6 cm³/mol. The number of hydrogen-bond acceptors (Lipinski definition) is 3. The summed E-state index contributed by atoms with van der Waals surface area (Å²) in [6, 6.07) is 9.94. The lowest BCUT2D eigenvalue weighted by atomic mass is 10.2. The van der Waals surface area contributed by atoms with E-state index in [1.54, 1.807) is 0 Å². The molecule has 0 saturated heterocycles. The average Bonchev–Trinajstić information content (AvgIpc) is 2.29. The Labute approximate surface area is 90.6 Å². The zero-order chi connectivity index (χ0) is 10.9. The fourth-order valence-electron chi connectivity index (χ4n) is 1.27. The Morgan fingerprint density at radius 3 is 2.60 bits per heavy atom. The molecule has 15 heavy (non-hydrogen) atoms. The molecule has 0 radical (unpaired) electrons. The highest BCUT2D eigenvalue weighted by atomic mass is 16.5. The number of rotatable bonds is 7. The second kappa shape index (κ2) is 7.40. The zero-order valence-electron chi connectivity index (χ0n) is 9.06. The van der Waals surface area contributed by atoms with E-state index in [0.29, 0.717) is 19.8 Å². The Morgan fingerprint density at radius 2 is 2.00 bits per heavy atom. The van der Waals surface area contributed by atoms with Gasteiger partial charge in [0.2, 0.25) is 0 Å². The lowest BCUT2D eigenvalue weighted by Gasteiger charge is -2.14. The highest BCUT2D eigenvalue weighted by Crippen LogP contribution is 2.01. The van der Waals surface area contributed by atoms with Gasteiger partial charge in [-0.05, 0) is 12.5 Å². The lowest BCUT2D eigenvalue weighted by Crippen LogP contribution is -2.23. The second-order valence-corrected chi connectivity index (χ2v) is 3.26. The minimum atomic E-state index is -0.210. The van der Waals surface area contributed by atoms with Gasteiger partial charge < -0.3 is 14.6 Å². The van der Waals surface area contributed by atoms with Crippen molar-refractivity contribution in [3.8, 4) is 0 Å². The fourth-order valence-corrected chi connectivity index (χ4v) is 1.27. The van der Waals surface area contributed by atoms with E-state index in [1.165, 1.54) is 0 Å². The van der Waals surface area contributed by atoms with E-state index in [4.69, 9.17) is 14.6 Å². The van der Waals surface area contributed by atoms with Gasteiger partial charge in [0, 0.05) is 6.61 Å². The molecule has 1 aromatic rings. The Morgan fingerprint density at radius 1 is 1.27 bits per heavy atom. The summed E-state index contributed by atoms with van der Waals surface area (Å²) in [4.78, 5) is 0. The van der Waals surface area contributed by atoms with Gasteiger partial charge in [0.1, 0.15) is 6.10 Å². The van der Waals surface area contributed by atoms with Crippen molar-refractivity contribution < 1.29 is 14.6 Å². The summed E-state index contributed by atoms with van der Waals surface area (Å²) in [6.45, 7) is 3.49. The maximum absolute atomic E-state index is 8.95. The molecule has 0 spiro atoms. The van der Waals surface area contributed by atoms with E-state index in [-0.39, 0.29) is 12.7 Å². The van der Waals surface area contributed by atoms with Crippen molar-refractivity contribution in [3.05, 3.63) is 35.9 Å². The van der Waals surface area contributed by atoms with Crippen molar-refractivity contribution in [1.82, 2.24) is 0 Å². The number of aliphatic hydroxyl groups excluding tert-OH is 1. The van der Waals surface area contributed by atoms with Gasteiger partial charge >= 0.3 is 0 Å². The first-order valence-electron chi connectivity index (χ1n) is 5.21. The summed E-state index contributed by atoms with van der Waals surface area (Å²) in [5.74, 6) is 0. The van der Waals surface area contributed by atoms with Gasteiger partial charge in [0.25, 0.3) is 0 Å². The van der Waals surface area contributed by atoms with Crippen LogP contribution in [0.3, 0.4) is 0 Å². The van der Waals surface area contributed by atoms with Crippen molar-refractivity contribution in [1.29, 1.82) is 0 Å². The maximum Gasteiger partial charge on any atom is 0.104 e. The van der Waals surface area contributed by atoms with Gasteiger partial charge in [-0.1, -0.05) is 30.3 Å². The summed E-state index contributed by atoms with van der Waals surface area (Å²) in [7, 11) is 0. The van der Waals surface area contributed by atoms with Gasteiger partial charge in [0.05, 0.1) is 19.8 Å². The van der Waals surface area contributed by atoms with Crippen LogP contribution in [0.25, 0.3) is 0 Å². The van der Waals surface area contributed by atoms with Crippen LogP contribution in [0.15, 0.2) is 30.3 Å². The van der Waals surface area contributed by atoms with Gasteiger partial charge in [-0.2, -0.15) is 0 Å². The lowest BCUT2D eigenvalue weighted by molar-refractivity contribution is -0.0421. The standard InChI is InChI=1S/C12H18O3/c1-2-15-12(8-13)10-14-9-11-6-4-3-5-7-11/h3-7,12-13H,2,8-10H2,1H3/t12-/m1/s1. The monoisotopic (exact) mass is 210 g/mol. The number of benzene rings is 1. The Balaban J connectivity index is 2.20. The molecule has 0 unspecified atom stereocenters. The highest BCUT2D eigenvalue weighted by molar-refractivity contribution is 5.13. The van der Waals surface area contributed by atoms with E-state index in [0.717, 1.165) is 5.56 Å². The van der Waals surface area contributed by atoms with Crippen molar-refractivity contribution in [2.45, 2.75) is 19.6 Å². The molecule has 0 aliphatic carbocycles. The van der Waals surface area contributed by atoms with Crippen molar-refractivity contribution in [3.63, 3.8) is 0 Å². The molecular formula is C12H18O3. The van der Waals surface area contributed by atoms with Crippen LogP contribution in [0, 0.1) is 0 Å². The van der Waals surface area contributed by atoms with Crippen molar-refractivity contribution in [2.75, 3.05) is 19.8 Å². The summed E-state index contributed by atoms with van der Waals surface area (Å²) < 4.78 is 10.7. The molecule has 0 saturated carbocycles. The molecule has 0 fully saturated rings. The van der Waals surface area contributed by atoms with Crippen LogP contribution in [0.5, 0.6) is 0 Å². The Bertz CT molecular complexity index is 248. The van der Waals surface area contributed by atoms with Crippen LogP contribution in [-0.4, -0.2) is 31.0 Å². The summed E-state index contributed by atoms with van der Waals surface area (Å²) in [5, 5.41) is 8.95. The average molecular weight is 210 g/mol. The van der Waals surface area contributed by atoms with Crippen LogP contribution in [0.1, 0.15) is 12.5 Å². The van der Waals surface area contributed by atoms with Crippen LogP contribution in [0.2, 0.25) is 0 Å². The van der Waals surface area contributed by atoms with E-state index in [9.17, 15) is 0 Å². The first kappa shape index (κ1) is 12.2. The number of ether oxygens (including phenoxy) is 2. The fraction of sp³-hybridized carbons (Fsp3) is 0.500. The van der Waals surface area contributed by atoms with Gasteiger partial charge in [0.15, 0.2) is 0 Å². The number of aliphatic hydroxyl groups is 1. The van der Waals surface area contributed by atoms with E-state index in [1.807, 2.05) is 37.3 Å². The third-order valence-corrected chi connectivity index (χ3v) is 2.02. The molecule has 3 nitrogen and oxygen atoms in total. The molecule has 1 aromatic carbocycles. The third-order valence-electron chi connectivity index (χ3n) is 2.02. The normalized spacial score (nSPS) is 12.7. The molecule has 1 rings (SSSR count). The van der Waals surface area contributed by atoms with Crippen LogP contribution in [0.4, 0.5) is 0 Å². The molecule has 0 aromatic heterocycles. The molecule has 0 heterocycles. The molecule has 0 aliphatic rings. The minimum Gasteiger partial charge on any atom is -0.394 e. The third kappa shape index (κ3) is 4.93. The highest BCUT2D eigenvalue weighted by Gasteiger charge is 2.06. The predicted octanol–water partition coefficient (Wildman–Crippen LogP) is 1.60. The molecule has 1 N–H and O–H groups in total.